The normalized spacial score (nSPS) is 21.8. The van der Waals surface area contributed by atoms with Crippen LogP contribution in [0.5, 0.6) is 0 Å². The zero-order valence-electron chi connectivity index (χ0n) is 12.6. The molecule has 0 aliphatic carbocycles. The van der Waals surface area contributed by atoms with Crippen molar-refractivity contribution in [2.24, 2.45) is 11.3 Å². The Morgan fingerprint density at radius 1 is 1.37 bits per heavy atom. The summed E-state index contributed by atoms with van der Waals surface area (Å²) in [6.45, 7) is 6.89. The molecule has 1 fully saturated rings. The van der Waals surface area contributed by atoms with E-state index < -0.39 is 17.3 Å². The van der Waals surface area contributed by atoms with Gasteiger partial charge in [-0.2, -0.15) is 0 Å². The molecular weight excluding hydrogens is 244 g/mol. The van der Waals surface area contributed by atoms with Crippen LogP contribution in [0.2, 0.25) is 0 Å². The summed E-state index contributed by atoms with van der Waals surface area (Å²) in [5, 5.41) is 9.35. The number of carbonyl (C=O) groups is 2. The summed E-state index contributed by atoms with van der Waals surface area (Å²) in [6, 6.07) is 0.145. The Kier molecular flexibility index (Phi) is 4.96. The Labute approximate surface area is 115 Å². The summed E-state index contributed by atoms with van der Waals surface area (Å²) < 4.78 is 0. The molecule has 1 amide bonds. The summed E-state index contributed by atoms with van der Waals surface area (Å²) in [7, 11) is 3.94. The second-order valence-electron chi connectivity index (χ2n) is 6.73. The van der Waals surface area contributed by atoms with Crippen molar-refractivity contribution in [1.29, 1.82) is 0 Å². The highest BCUT2D eigenvalue weighted by molar-refractivity contribution is 5.98. The number of aliphatic carboxylic acids is 1. The monoisotopic (exact) mass is 270 g/mol. The van der Waals surface area contributed by atoms with Crippen LogP contribution < -0.4 is 0 Å². The number of rotatable bonds is 4. The van der Waals surface area contributed by atoms with Gasteiger partial charge in [-0.25, -0.2) is 0 Å². The van der Waals surface area contributed by atoms with Crippen LogP contribution in [-0.4, -0.2) is 60.0 Å². The highest BCUT2D eigenvalue weighted by Crippen LogP contribution is 2.30. The Bertz CT molecular complexity index is 347. The van der Waals surface area contributed by atoms with E-state index in [1.807, 2.05) is 19.0 Å². The molecule has 0 bridgehead atoms. The fourth-order valence-electron chi connectivity index (χ4n) is 2.75. The van der Waals surface area contributed by atoms with Crippen LogP contribution >= 0.6 is 0 Å². The molecule has 0 saturated carbocycles. The molecule has 1 saturated heterocycles. The number of likely N-dealkylation sites (N-methyl/N-ethyl adjacent to an activating group) is 1. The van der Waals surface area contributed by atoms with Gasteiger partial charge in [0, 0.05) is 19.1 Å². The third-order valence-electron chi connectivity index (χ3n) is 3.60. The summed E-state index contributed by atoms with van der Waals surface area (Å²) >= 11 is 0. The number of carboxylic acid groups (broad SMARTS) is 1. The van der Waals surface area contributed by atoms with Crippen molar-refractivity contribution in [3.8, 4) is 0 Å². The summed E-state index contributed by atoms with van der Waals surface area (Å²) in [4.78, 5) is 27.8. The number of likely N-dealkylation sites (tertiary alicyclic amines) is 1. The van der Waals surface area contributed by atoms with Crippen LogP contribution in [0.25, 0.3) is 0 Å². The minimum Gasteiger partial charge on any atom is -0.481 e. The van der Waals surface area contributed by atoms with Gasteiger partial charge in [-0.15, -0.1) is 0 Å². The fourth-order valence-corrected chi connectivity index (χ4v) is 2.75. The van der Waals surface area contributed by atoms with Gasteiger partial charge in [-0.3, -0.25) is 9.59 Å². The molecule has 1 N–H and O–H groups in total. The molecule has 0 aromatic carbocycles. The number of hydrogen-bond donors (Lipinski definition) is 1. The first-order valence-corrected chi connectivity index (χ1v) is 6.82. The predicted molar refractivity (Wildman–Crippen MR) is 73.9 cm³/mol. The first-order chi connectivity index (χ1) is 8.64. The van der Waals surface area contributed by atoms with E-state index in [1.165, 1.54) is 0 Å². The lowest BCUT2D eigenvalue weighted by Crippen LogP contribution is -2.49. The average Bonchev–Trinajstić information content (AvgIpc) is 2.61. The summed E-state index contributed by atoms with van der Waals surface area (Å²) in [5.74, 6) is -2.22. The largest absolute Gasteiger partial charge is 0.481 e. The minimum absolute atomic E-state index is 0.145. The third-order valence-corrected chi connectivity index (χ3v) is 3.60. The first kappa shape index (κ1) is 16.0. The van der Waals surface area contributed by atoms with Crippen molar-refractivity contribution in [3.63, 3.8) is 0 Å². The summed E-state index contributed by atoms with van der Waals surface area (Å²) in [6.07, 6.45) is 1.92. The molecule has 110 valence electrons. The molecule has 0 radical (unpaired) electrons. The van der Waals surface area contributed by atoms with Gasteiger partial charge in [-0.1, -0.05) is 20.8 Å². The summed E-state index contributed by atoms with van der Waals surface area (Å²) in [5.41, 5.74) is -0.561. The lowest BCUT2D eigenvalue weighted by Gasteiger charge is -2.33. The van der Waals surface area contributed by atoms with Gasteiger partial charge in [0.15, 0.2) is 0 Å². The van der Waals surface area contributed by atoms with Crippen molar-refractivity contribution < 1.29 is 14.7 Å². The van der Waals surface area contributed by atoms with Crippen LogP contribution in [0.15, 0.2) is 0 Å². The Hall–Kier alpha value is -1.10. The van der Waals surface area contributed by atoms with Crippen LogP contribution in [0.3, 0.4) is 0 Å². The molecule has 1 aliphatic rings. The van der Waals surface area contributed by atoms with Crippen LogP contribution in [0, 0.1) is 11.3 Å². The smallest absolute Gasteiger partial charge is 0.316 e. The SMILES string of the molecule is CN(C)CC1CCCN1C(=O)C(C(=O)O)C(C)(C)C. The minimum atomic E-state index is -1.02. The molecule has 5 heteroatoms. The van der Waals surface area contributed by atoms with E-state index in [9.17, 15) is 14.7 Å². The van der Waals surface area contributed by atoms with E-state index in [4.69, 9.17) is 0 Å². The molecule has 19 heavy (non-hydrogen) atoms. The van der Waals surface area contributed by atoms with Gasteiger partial charge >= 0.3 is 5.97 Å². The highest BCUT2D eigenvalue weighted by Gasteiger charge is 2.43. The molecule has 0 aromatic rings. The van der Waals surface area contributed by atoms with Crippen LogP contribution in [-0.2, 0) is 9.59 Å². The third kappa shape index (κ3) is 3.93. The zero-order valence-corrected chi connectivity index (χ0v) is 12.6. The van der Waals surface area contributed by atoms with Gasteiger partial charge in [0.1, 0.15) is 5.92 Å². The number of carbonyl (C=O) groups excluding carboxylic acids is 1. The van der Waals surface area contributed by atoms with Gasteiger partial charge < -0.3 is 14.9 Å². The number of amides is 1. The number of hydrogen-bond acceptors (Lipinski definition) is 3. The lowest BCUT2D eigenvalue weighted by atomic mass is 9.79. The van der Waals surface area contributed by atoms with Crippen LogP contribution in [0.4, 0.5) is 0 Å². The fraction of sp³-hybridized carbons (Fsp3) is 0.857. The van der Waals surface area contributed by atoms with Gasteiger partial charge in [0.25, 0.3) is 0 Å². The van der Waals surface area contributed by atoms with Crippen molar-refractivity contribution >= 4 is 11.9 Å². The average molecular weight is 270 g/mol. The van der Waals surface area contributed by atoms with Crippen molar-refractivity contribution in [2.45, 2.75) is 39.7 Å². The Balaban J connectivity index is 2.87. The molecular formula is C14H26N2O3. The second kappa shape index (κ2) is 5.90. The maximum Gasteiger partial charge on any atom is 0.316 e. The molecule has 0 aromatic heterocycles. The molecule has 1 aliphatic heterocycles. The molecule has 1 heterocycles. The van der Waals surface area contributed by atoms with E-state index in [0.717, 1.165) is 19.4 Å². The van der Waals surface area contributed by atoms with E-state index in [1.54, 1.807) is 25.7 Å². The van der Waals surface area contributed by atoms with Crippen molar-refractivity contribution in [3.05, 3.63) is 0 Å². The maximum atomic E-state index is 12.6. The highest BCUT2D eigenvalue weighted by atomic mass is 16.4. The second-order valence-corrected chi connectivity index (χ2v) is 6.73. The number of nitrogens with zero attached hydrogens (tertiary/aromatic N) is 2. The molecule has 1 rings (SSSR count). The Morgan fingerprint density at radius 3 is 2.37 bits per heavy atom. The van der Waals surface area contributed by atoms with Crippen LogP contribution in [0.1, 0.15) is 33.6 Å². The van der Waals surface area contributed by atoms with E-state index in [-0.39, 0.29) is 11.9 Å². The van der Waals surface area contributed by atoms with E-state index in [2.05, 4.69) is 0 Å². The molecule has 0 spiro atoms. The zero-order chi connectivity index (χ0) is 14.8. The lowest BCUT2D eigenvalue weighted by molar-refractivity contribution is -0.156. The predicted octanol–water partition coefficient (Wildman–Crippen LogP) is 1.29. The van der Waals surface area contributed by atoms with Gasteiger partial charge in [0.2, 0.25) is 5.91 Å². The molecule has 2 unspecified atom stereocenters. The number of carboxylic acids is 1. The molecule has 2 atom stereocenters. The van der Waals surface area contributed by atoms with Crippen molar-refractivity contribution in [1.82, 2.24) is 9.80 Å². The van der Waals surface area contributed by atoms with Crippen molar-refractivity contribution in [2.75, 3.05) is 27.2 Å². The topological polar surface area (TPSA) is 60.9 Å². The van der Waals surface area contributed by atoms with Gasteiger partial charge in [0.05, 0.1) is 0 Å². The maximum absolute atomic E-state index is 12.6. The van der Waals surface area contributed by atoms with E-state index >= 15 is 0 Å². The quantitative estimate of drug-likeness (QED) is 0.782. The standard InChI is InChI=1S/C14H26N2O3/c1-14(2,3)11(13(18)19)12(17)16-8-6-7-10(16)9-15(4)5/h10-11H,6-9H2,1-5H3,(H,18,19). The molecule has 5 nitrogen and oxygen atoms in total. The Morgan fingerprint density at radius 2 is 1.95 bits per heavy atom. The van der Waals surface area contributed by atoms with Gasteiger partial charge in [-0.05, 0) is 32.4 Å². The van der Waals surface area contributed by atoms with E-state index in [0.29, 0.717) is 6.54 Å². The first-order valence-electron chi connectivity index (χ1n) is 6.82.